The van der Waals surface area contributed by atoms with Gasteiger partial charge in [0.15, 0.2) is 5.84 Å². The molecule has 1 atom stereocenters. The van der Waals surface area contributed by atoms with Crippen LogP contribution in [0.3, 0.4) is 0 Å². The van der Waals surface area contributed by atoms with Crippen LogP contribution in [0.5, 0.6) is 0 Å². The van der Waals surface area contributed by atoms with Crippen LogP contribution in [-0.2, 0) is 4.79 Å². The van der Waals surface area contributed by atoms with Gasteiger partial charge >= 0.3 is 0 Å². The van der Waals surface area contributed by atoms with Crippen LogP contribution < -0.4 is 5.32 Å². The minimum absolute atomic E-state index is 0.0666. The molecule has 0 aromatic heterocycles. The smallest absolute Gasteiger partial charge is 0.217 e. The second-order valence-electron chi connectivity index (χ2n) is 8.67. The number of unbranched alkanes of at least 4 members (excludes halogenated alkanes) is 10. The van der Waals surface area contributed by atoms with E-state index in [1.54, 1.807) is 6.92 Å². The number of nitrogens with zero attached hydrogens (tertiary/aromatic N) is 2. The molecule has 1 aliphatic rings. The third-order valence-electron chi connectivity index (χ3n) is 6.30. The minimum Gasteiger partial charge on any atom is -0.351 e. The molecule has 0 saturated heterocycles. The molecular weight excluding hydrogens is 358 g/mol. The largest absolute Gasteiger partial charge is 0.351 e. The average molecular weight is 407 g/mol. The predicted molar refractivity (Wildman–Crippen MR) is 126 cm³/mol. The summed E-state index contributed by atoms with van der Waals surface area (Å²) in [6, 6.07) is 0. The fraction of sp³-hybridized carbons (Fsp3) is 0.840. The molecule has 0 saturated carbocycles. The van der Waals surface area contributed by atoms with E-state index in [2.05, 4.69) is 31.3 Å². The van der Waals surface area contributed by atoms with Crippen LogP contribution in [0.15, 0.2) is 17.1 Å². The number of likely N-dealkylation sites (N-methyl/N-ethyl adjacent to an activating group) is 1. The van der Waals surface area contributed by atoms with Gasteiger partial charge in [0.1, 0.15) is 13.1 Å². The second kappa shape index (κ2) is 16.6. The number of quaternary nitrogens is 1. The van der Waals surface area contributed by atoms with Gasteiger partial charge in [0.2, 0.25) is 5.91 Å². The molecule has 29 heavy (non-hydrogen) atoms. The number of carbonyl (C=O) groups is 1. The van der Waals surface area contributed by atoms with Crippen LogP contribution in [-0.4, -0.2) is 48.9 Å². The maximum Gasteiger partial charge on any atom is 0.217 e. The van der Waals surface area contributed by atoms with Gasteiger partial charge < -0.3 is 5.32 Å². The fourth-order valence-electron chi connectivity index (χ4n) is 4.33. The van der Waals surface area contributed by atoms with E-state index in [4.69, 9.17) is 4.99 Å². The molecule has 168 valence electrons. The molecule has 1 amide bonds. The lowest BCUT2D eigenvalue weighted by Gasteiger charge is -2.33. The van der Waals surface area contributed by atoms with Crippen molar-refractivity contribution >= 4 is 11.7 Å². The van der Waals surface area contributed by atoms with Crippen molar-refractivity contribution in [2.75, 3.05) is 32.7 Å². The Morgan fingerprint density at radius 3 is 2.21 bits per heavy atom. The lowest BCUT2D eigenvalue weighted by molar-refractivity contribution is -0.833. The van der Waals surface area contributed by atoms with E-state index in [-0.39, 0.29) is 5.91 Å². The Morgan fingerprint density at radius 1 is 0.966 bits per heavy atom. The Labute approximate surface area is 180 Å². The van der Waals surface area contributed by atoms with Gasteiger partial charge in [-0.25, -0.2) is 4.99 Å². The highest BCUT2D eigenvalue weighted by Gasteiger charge is 2.35. The molecule has 0 radical (unpaired) electrons. The minimum atomic E-state index is 0.0666. The third kappa shape index (κ3) is 11.6. The second-order valence-corrected chi connectivity index (χ2v) is 8.67. The van der Waals surface area contributed by atoms with Gasteiger partial charge in [-0.1, -0.05) is 64.0 Å². The Kier molecular flexibility index (Phi) is 14.8. The molecular formula is C25H48N3O+. The highest BCUT2D eigenvalue weighted by atomic mass is 16.1. The molecule has 0 aromatic carbocycles. The zero-order valence-electron chi connectivity index (χ0n) is 19.7. The first-order valence-corrected chi connectivity index (χ1v) is 12.4. The van der Waals surface area contributed by atoms with Gasteiger partial charge in [-0.2, -0.15) is 0 Å². The Bertz CT molecular complexity index is 486. The molecule has 1 unspecified atom stereocenters. The molecule has 0 fully saturated rings. The predicted octanol–water partition coefficient (Wildman–Crippen LogP) is 6.02. The molecule has 1 aliphatic heterocycles. The zero-order chi connectivity index (χ0) is 21.2. The standard InChI is InChI=1S/C25H47N3O/c1-4-6-7-8-9-10-11-12-13-14-15-16-17-18-19-25-27-21-23-28(25,5-2)22-20-26-24(3)29/h13-14H,4-12,15-23H2,1-3H3/p+1/b14-13+. The van der Waals surface area contributed by atoms with Crippen molar-refractivity contribution in [2.45, 2.75) is 104 Å². The Morgan fingerprint density at radius 2 is 1.59 bits per heavy atom. The molecule has 1 heterocycles. The lowest BCUT2D eigenvalue weighted by Crippen LogP contribution is -2.54. The van der Waals surface area contributed by atoms with Gasteiger partial charge in [0.05, 0.1) is 19.6 Å². The Balaban J connectivity index is 2.06. The van der Waals surface area contributed by atoms with E-state index < -0.39 is 0 Å². The van der Waals surface area contributed by atoms with Crippen molar-refractivity contribution in [3.05, 3.63) is 12.2 Å². The van der Waals surface area contributed by atoms with Gasteiger partial charge in [-0.3, -0.25) is 9.28 Å². The van der Waals surface area contributed by atoms with Gasteiger partial charge in [-0.15, -0.1) is 0 Å². The average Bonchev–Trinajstić information content (AvgIpc) is 3.11. The molecule has 0 bridgehead atoms. The van der Waals surface area contributed by atoms with Crippen molar-refractivity contribution < 1.29 is 9.28 Å². The van der Waals surface area contributed by atoms with Crippen LogP contribution in [0.25, 0.3) is 0 Å². The van der Waals surface area contributed by atoms with Crippen LogP contribution in [0.2, 0.25) is 0 Å². The quantitative estimate of drug-likeness (QED) is 0.169. The van der Waals surface area contributed by atoms with Crippen molar-refractivity contribution in [1.82, 2.24) is 5.32 Å². The summed E-state index contributed by atoms with van der Waals surface area (Å²) in [7, 11) is 0. The maximum atomic E-state index is 11.2. The van der Waals surface area contributed by atoms with Gasteiger partial charge in [-0.05, 0) is 39.0 Å². The summed E-state index contributed by atoms with van der Waals surface area (Å²) < 4.78 is 0.985. The van der Waals surface area contributed by atoms with Crippen LogP contribution >= 0.6 is 0 Å². The normalized spacial score (nSPS) is 19.1. The van der Waals surface area contributed by atoms with Crippen molar-refractivity contribution in [1.29, 1.82) is 0 Å². The molecule has 4 nitrogen and oxygen atoms in total. The van der Waals surface area contributed by atoms with Gasteiger partial charge in [0, 0.05) is 13.3 Å². The van der Waals surface area contributed by atoms with Crippen LogP contribution in [0, 0.1) is 0 Å². The number of rotatable bonds is 18. The summed E-state index contributed by atoms with van der Waals surface area (Å²) in [5.74, 6) is 1.43. The number of amides is 1. The molecule has 0 aliphatic carbocycles. The van der Waals surface area contributed by atoms with E-state index in [1.807, 2.05) is 0 Å². The fourth-order valence-corrected chi connectivity index (χ4v) is 4.33. The first-order chi connectivity index (χ1) is 14.1. The number of amidine groups is 1. The molecule has 0 aromatic rings. The highest BCUT2D eigenvalue weighted by molar-refractivity contribution is 5.77. The van der Waals surface area contributed by atoms with Crippen molar-refractivity contribution in [2.24, 2.45) is 4.99 Å². The monoisotopic (exact) mass is 406 g/mol. The Hall–Kier alpha value is -1.16. The van der Waals surface area contributed by atoms with E-state index in [0.29, 0.717) is 0 Å². The molecule has 1 N–H and O–H groups in total. The summed E-state index contributed by atoms with van der Waals surface area (Å²) >= 11 is 0. The van der Waals surface area contributed by atoms with Crippen molar-refractivity contribution in [3.8, 4) is 0 Å². The molecule has 0 spiro atoms. The summed E-state index contributed by atoms with van der Waals surface area (Å²) in [6.45, 7) is 11.0. The number of hydrogen-bond acceptors (Lipinski definition) is 2. The number of nitrogens with one attached hydrogen (secondary N) is 1. The topological polar surface area (TPSA) is 41.5 Å². The van der Waals surface area contributed by atoms with E-state index in [1.165, 1.54) is 82.9 Å². The highest BCUT2D eigenvalue weighted by Crippen LogP contribution is 2.19. The maximum absolute atomic E-state index is 11.2. The van der Waals surface area contributed by atoms with E-state index in [9.17, 15) is 4.79 Å². The number of carbonyl (C=O) groups excluding carboxylic acids is 1. The zero-order valence-corrected chi connectivity index (χ0v) is 19.7. The van der Waals surface area contributed by atoms with E-state index >= 15 is 0 Å². The summed E-state index contributed by atoms with van der Waals surface area (Å²) in [5.41, 5.74) is 0. The van der Waals surface area contributed by atoms with E-state index in [0.717, 1.165) is 43.6 Å². The summed E-state index contributed by atoms with van der Waals surface area (Å²) in [6.07, 6.45) is 22.0. The van der Waals surface area contributed by atoms with Crippen LogP contribution in [0.1, 0.15) is 104 Å². The third-order valence-corrected chi connectivity index (χ3v) is 6.30. The first-order valence-electron chi connectivity index (χ1n) is 12.4. The van der Waals surface area contributed by atoms with Gasteiger partial charge in [0.25, 0.3) is 0 Å². The SMILES string of the molecule is CCCCCCCCC/C=C/CCCCCC1=NCC[N+]1(CC)CCNC(C)=O. The molecule has 4 heteroatoms. The first kappa shape index (κ1) is 25.9. The summed E-state index contributed by atoms with van der Waals surface area (Å²) in [5, 5.41) is 2.95. The molecule has 1 rings (SSSR count). The number of hydrogen-bond donors (Lipinski definition) is 1. The number of aliphatic imine (C=N–C) groups is 1. The van der Waals surface area contributed by atoms with Crippen LogP contribution in [0.4, 0.5) is 0 Å². The summed E-state index contributed by atoms with van der Waals surface area (Å²) in [4.78, 5) is 16.0. The lowest BCUT2D eigenvalue weighted by atomic mass is 10.1. The van der Waals surface area contributed by atoms with Crippen molar-refractivity contribution in [3.63, 3.8) is 0 Å². The number of allylic oxidation sites excluding steroid dienone is 2.